The molecular weight excluding hydrogens is 210 g/mol. The predicted octanol–water partition coefficient (Wildman–Crippen LogP) is 3.40. The highest BCUT2D eigenvalue weighted by molar-refractivity contribution is 5.84. The molecule has 0 N–H and O–H groups in total. The lowest BCUT2D eigenvalue weighted by atomic mass is 9.85. The van der Waals surface area contributed by atoms with Gasteiger partial charge in [0.2, 0.25) is 0 Å². The topological polar surface area (TPSA) is 20.3 Å². The number of nitrogens with zero attached hydrogens (tertiary/aromatic N) is 1. The van der Waals surface area contributed by atoms with Gasteiger partial charge in [0.25, 0.3) is 0 Å². The molecule has 2 saturated carbocycles. The number of carbonyl (C=O) groups excluding carboxylic acids is 1. The number of hydrogen-bond donors (Lipinski definition) is 0. The van der Waals surface area contributed by atoms with Crippen molar-refractivity contribution in [3.05, 3.63) is 0 Å². The fourth-order valence-corrected chi connectivity index (χ4v) is 3.60. The largest absolute Gasteiger partial charge is 0.298 e. The first-order chi connectivity index (χ1) is 8.18. The van der Waals surface area contributed by atoms with Crippen LogP contribution in [0.3, 0.4) is 0 Å². The van der Waals surface area contributed by atoms with E-state index in [1.54, 1.807) is 0 Å². The summed E-state index contributed by atoms with van der Waals surface area (Å²) in [5.41, 5.74) is 0. The highest BCUT2D eigenvalue weighted by atomic mass is 16.1. The molecule has 0 amide bonds. The second kappa shape index (κ2) is 5.99. The smallest absolute Gasteiger partial charge is 0.149 e. The standard InChI is InChI=1S/C15H27NO/c1-12-7-6-8-13(11-12)16(2)14-9-4-3-5-10-15(14)17/h12-14H,3-11H2,1-2H3. The Morgan fingerprint density at radius 3 is 2.65 bits per heavy atom. The predicted molar refractivity (Wildman–Crippen MR) is 71.1 cm³/mol. The van der Waals surface area contributed by atoms with E-state index in [1.165, 1.54) is 38.5 Å². The van der Waals surface area contributed by atoms with Gasteiger partial charge in [-0.05, 0) is 38.6 Å². The Labute approximate surface area is 106 Å². The van der Waals surface area contributed by atoms with Crippen molar-refractivity contribution in [1.29, 1.82) is 0 Å². The van der Waals surface area contributed by atoms with Gasteiger partial charge in [0.05, 0.1) is 6.04 Å². The quantitative estimate of drug-likeness (QED) is 0.686. The molecule has 2 rings (SSSR count). The number of carbonyl (C=O) groups is 1. The summed E-state index contributed by atoms with van der Waals surface area (Å²) >= 11 is 0. The Hall–Kier alpha value is -0.370. The molecule has 0 aromatic rings. The van der Waals surface area contributed by atoms with Gasteiger partial charge in [-0.25, -0.2) is 0 Å². The third-order valence-corrected chi connectivity index (χ3v) is 4.75. The minimum Gasteiger partial charge on any atom is -0.298 e. The Kier molecular flexibility index (Phi) is 4.61. The lowest BCUT2D eigenvalue weighted by molar-refractivity contribution is -0.124. The summed E-state index contributed by atoms with van der Waals surface area (Å²) < 4.78 is 0. The zero-order valence-corrected chi connectivity index (χ0v) is 11.5. The van der Waals surface area contributed by atoms with E-state index in [0.717, 1.165) is 25.2 Å². The van der Waals surface area contributed by atoms with Crippen molar-refractivity contribution < 1.29 is 4.79 Å². The zero-order chi connectivity index (χ0) is 12.3. The molecule has 3 unspecified atom stereocenters. The highest BCUT2D eigenvalue weighted by Crippen LogP contribution is 2.29. The Morgan fingerprint density at radius 1 is 1.06 bits per heavy atom. The molecule has 0 aromatic heterocycles. The number of likely N-dealkylation sites (N-methyl/N-ethyl adjacent to an activating group) is 1. The van der Waals surface area contributed by atoms with Crippen molar-refractivity contribution in [2.24, 2.45) is 5.92 Å². The van der Waals surface area contributed by atoms with Gasteiger partial charge in [-0.1, -0.05) is 32.6 Å². The molecule has 0 saturated heterocycles. The first-order valence-corrected chi connectivity index (χ1v) is 7.43. The van der Waals surface area contributed by atoms with Crippen LogP contribution in [0.15, 0.2) is 0 Å². The molecule has 98 valence electrons. The van der Waals surface area contributed by atoms with Crippen molar-refractivity contribution in [1.82, 2.24) is 4.90 Å². The summed E-state index contributed by atoms with van der Waals surface area (Å²) in [7, 11) is 2.19. The zero-order valence-electron chi connectivity index (χ0n) is 11.5. The molecule has 2 aliphatic rings. The molecule has 3 atom stereocenters. The van der Waals surface area contributed by atoms with Gasteiger partial charge in [-0.3, -0.25) is 9.69 Å². The van der Waals surface area contributed by atoms with Crippen LogP contribution in [0.5, 0.6) is 0 Å². The van der Waals surface area contributed by atoms with Crippen LogP contribution in [0.25, 0.3) is 0 Å². The van der Waals surface area contributed by atoms with Crippen LogP contribution in [0.4, 0.5) is 0 Å². The third kappa shape index (κ3) is 3.31. The number of rotatable bonds is 2. The van der Waals surface area contributed by atoms with Crippen LogP contribution >= 0.6 is 0 Å². The minimum absolute atomic E-state index is 0.229. The van der Waals surface area contributed by atoms with Gasteiger partial charge in [-0.15, -0.1) is 0 Å². The lowest BCUT2D eigenvalue weighted by Gasteiger charge is -2.38. The molecule has 0 heterocycles. The van der Waals surface area contributed by atoms with Crippen LogP contribution in [-0.2, 0) is 4.79 Å². The van der Waals surface area contributed by atoms with E-state index in [4.69, 9.17) is 0 Å². The summed E-state index contributed by atoms with van der Waals surface area (Å²) in [5, 5.41) is 0. The SMILES string of the molecule is CC1CCCC(N(C)C2CCCCCC2=O)C1. The summed E-state index contributed by atoms with van der Waals surface area (Å²) in [6, 6.07) is 0.888. The summed E-state index contributed by atoms with van der Waals surface area (Å²) in [5.74, 6) is 1.35. The van der Waals surface area contributed by atoms with E-state index >= 15 is 0 Å². The van der Waals surface area contributed by atoms with Crippen molar-refractivity contribution in [3.63, 3.8) is 0 Å². The monoisotopic (exact) mass is 237 g/mol. The van der Waals surface area contributed by atoms with E-state index in [9.17, 15) is 4.79 Å². The molecule has 2 aliphatic carbocycles. The first kappa shape index (κ1) is 13.1. The van der Waals surface area contributed by atoms with E-state index in [0.29, 0.717) is 11.8 Å². The average Bonchev–Trinajstić information content (AvgIpc) is 2.53. The van der Waals surface area contributed by atoms with Crippen molar-refractivity contribution >= 4 is 5.78 Å². The van der Waals surface area contributed by atoms with Crippen molar-refractivity contribution in [2.45, 2.75) is 76.8 Å². The maximum atomic E-state index is 12.1. The summed E-state index contributed by atoms with van der Waals surface area (Å²) in [6.45, 7) is 2.36. The van der Waals surface area contributed by atoms with Crippen LogP contribution in [0.2, 0.25) is 0 Å². The third-order valence-electron chi connectivity index (χ3n) is 4.75. The average molecular weight is 237 g/mol. The Bertz CT molecular complexity index is 264. The minimum atomic E-state index is 0.229. The molecule has 2 nitrogen and oxygen atoms in total. The normalized spacial score (nSPS) is 35.9. The van der Waals surface area contributed by atoms with Gasteiger partial charge in [0.15, 0.2) is 0 Å². The van der Waals surface area contributed by atoms with Crippen LogP contribution in [0.1, 0.15) is 64.7 Å². The van der Waals surface area contributed by atoms with Crippen molar-refractivity contribution in [3.8, 4) is 0 Å². The number of ketones is 1. The fourth-order valence-electron chi connectivity index (χ4n) is 3.60. The Balaban J connectivity index is 1.96. The molecule has 0 spiro atoms. The highest BCUT2D eigenvalue weighted by Gasteiger charge is 2.31. The molecule has 0 radical (unpaired) electrons. The van der Waals surface area contributed by atoms with Crippen molar-refractivity contribution in [2.75, 3.05) is 7.05 Å². The van der Waals surface area contributed by atoms with E-state index < -0.39 is 0 Å². The van der Waals surface area contributed by atoms with Gasteiger partial charge in [0, 0.05) is 12.5 Å². The molecule has 2 heteroatoms. The van der Waals surface area contributed by atoms with E-state index in [2.05, 4.69) is 18.9 Å². The molecule has 0 aromatic carbocycles. The Morgan fingerprint density at radius 2 is 1.88 bits per heavy atom. The van der Waals surface area contributed by atoms with E-state index in [1.807, 2.05) is 0 Å². The van der Waals surface area contributed by atoms with Crippen LogP contribution in [0, 0.1) is 5.92 Å². The van der Waals surface area contributed by atoms with Gasteiger partial charge in [0.1, 0.15) is 5.78 Å². The second-order valence-electron chi connectivity index (χ2n) is 6.17. The molecule has 17 heavy (non-hydrogen) atoms. The number of hydrogen-bond acceptors (Lipinski definition) is 2. The maximum Gasteiger partial charge on any atom is 0.149 e. The second-order valence-corrected chi connectivity index (χ2v) is 6.17. The maximum absolute atomic E-state index is 12.1. The van der Waals surface area contributed by atoms with E-state index in [-0.39, 0.29) is 6.04 Å². The van der Waals surface area contributed by atoms with Gasteiger partial charge >= 0.3 is 0 Å². The summed E-state index contributed by atoms with van der Waals surface area (Å²) in [4.78, 5) is 14.6. The van der Waals surface area contributed by atoms with Crippen LogP contribution < -0.4 is 0 Å². The lowest BCUT2D eigenvalue weighted by Crippen LogP contribution is -2.46. The first-order valence-electron chi connectivity index (χ1n) is 7.43. The molecular formula is C15H27NO. The van der Waals surface area contributed by atoms with Gasteiger partial charge in [-0.2, -0.15) is 0 Å². The molecule has 0 aliphatic heterocycles. The molecule has 2 fully saturated rings. The fraction of sp³-hybridized carbons (Fsp3) is 0.933. The molecule has 0 bridgehead atoms. The summed E-state index contributed by atoms with van der Waals surface area (Å²) in [6.07, 6.45) is 10.8. The number of Topliss-reactive ketones (excluding diaryl/α,β-unsaturated/α-hetero) is 1. The van der Waals surface area contributed by atoms with Gasteiger partial charge < -0.3 is 0 Å². The van der Waals surface area contributed by atoms with Crippen LogP contribution in [-0.4, -0.2) is 29.8 Å².